The van der Waals surface area contributed by atoms with E-state index in [1.807, 2.05) is 0 Å². The maximum Gasteiger partial charge on any atom is 0.307 e. The van der Waals surface area contributed by atoms with Crippen LogP contribution in [0.2, 0.25) is 0 Å². The lowest BCUT2D eigenvalue weighted by atomic mass is 9.99. The predicted octanol–water partition coefficient (Wildman–Crippen LogP) is 1.87. The molecule has 0 fully saturated rings. The van der Waals surface area contributed by atoms with Crippen LogP contribution in [0.4, 0.5) is 0 Å². The van der Waals surface area contributed by atoms with Gasteiger partial charge in [0.05, 0.1) is 5.92 Å². The van der Waals surface area contributed by atoms with E-state index >= 15 is 0 Å². The summed E-state index contributed by atoms with van der Waals surface area (Å²) in [7, 11) is 0. The molecule has 21 heavy (non-hydrogen) atoms. The molecule has 0 aliphatic carbocycles. The highest BCUT2D eigenvalue weighted by Gasteiger charge is 2.20. The highest BCUT2D eigenvalue weighted by atomic mass is 16.4. The molecule has 5 nitrogen and oxygen atoms in total. The molecule has 0 spiro atoms. The van der Waals surface area contributed by atoms with Crippen molar-refractivity contribution in [3.8, 4) is 0 Å². The maximum absolute atomic E-state index is 11.3. The van der Waals surface area contributed by atoms with E-state index < -0.39 is 5.97 Å². The van der Waals surface area contributed by atoms with Crippen molar-refractivity contribution in [1.82, 2.24) is 9.80 Å². The fourth-order valence-electron chi connectivity index (χ4n) is 2.62. The van der Waals surface area contributed by atoms with Gasteiger partial charge in [-0.25, -0.2) is 0 Å². The van der Waals surface area contributed by atoms with Gasteiger partial charge < -0.3 is 20.6 Å². The molecule has 0 aliphatic heterocycles. The number of nitrogens with zero attached hydrogens (tertiary/aromatic N) is 2. The Kier molecular flexibility index (Phi) is 11.6. The summed E-state index contributed by atoms with van der Waals surface area (Å²) in [6.07, 6.45) is 2.51. The lowest BCUT2D eigenvalue weighted by Gasteiger charge is -2.24. The van der Waals surface area contributed by atoms with Crippen molar-refractivity contribution in [3.05, 3.63) is 0 Å². The second kappa shape index (κ2) is 12.0. The number of likely N-dealkylation sites (N-methyl/N-ethyl adjacent to an activating group) is 1. The van der Waals surface area contributed by atoms with E-state index in [0.29, 0.717) is 6.54 Å². The van der Waals surface area contributed by atoms with Gasteiger partial charge in [-0.05, 0) is 39.0 Å². The largest absolute Gasteiger partial charge is 0.481 e. The Morgan fingerprint density at radius 3 is 1.86 bits per heavy atom. The van der Waals surface area contributed by atoms with Crippen LogP contribution in [-0.4, -0.2) is 66.2 Å². The minimum absolute atomic E-state index is 0.146. The minimum atomic E-state index is -0.681. The predicted molar refractivity (Wildman–Crippen MR) is 88.5 cm³/mol. The van der Waals surface area contributed by atoms with Crippen molar-refractivity contribution >= 4 is 5.97 Å². The maximum atomic E-state index is 11.3. The number of carboxylic acids is 1. The number of carbonyl (C=O) groups is 1. The summed E-state index contributed by atoms with van der Waals surface area (Å²) in [4.78, 5) is 15.8. The van der Waals surface area contributed by atoms with Crippen LogP contribution in [0.25, 0.3) is 0 Å². The zero-order valence-corrected chi connectivity index (χ0v) is 14.3. The van der Waals surface area contributed by atoms with Gasteiger partial charge in [0.2, 0.25) is 0 Å². The van der Waals surface area contributed by atoms with Crippen LogP contribution < -0.4 is 5.73 Å². The molecule has 0 radical (unpaired) electrons. The number of aliphatic carboxylic acids is 1. The molecule has 0 aromatic carbocycles. The molecule has 0 rings (SSSR count). The summed E-state index contributed by atoms with van der Waals surface area (Å²) >= 11 is 0. The smallest absolute Gasteiger partial charge is 0.307 e. The lowest BCUT2D eigenvalue weighted by Crippen LogP contribution is -2.37. The number of hydrogen-bond acceptors (Lipinski definition) is 4. The Bertz CT molecular complexity index is 266. The Labute approximate surface area is 130 Å². The van der Waals surface area contributed by atoms with Gasteiger partial charge in [0.25, 0.3) is 0 Å². The molecule has 0 bridgehead atoms. The number of nitrogens with two attached hydrogens (primary N) is 1. The number of carboxylic acid groups (broad SMARTS) is 1. The van der Waals surface area contributed by atoms with E-state index in [9.17, 15) is 9.90 Å². The van der Waals surface area contributed by atoms with Gasteiger partial charge in [-0.15, -0.1) is 0 Å². The van der Waals surface area contributed by atoms with E-state index in [2.05, 4.69) is 37.5 Å². The molecule has 0 saturated heterocycles. The minimum Gasteiger partial charge on any atom is -0.481 e. The van der Waals surface area contributed by atoms with Crippen molar-refractivity contribution in [2.45, 2.75) is 53.0 Å². The van der Waals surface area contributed by atoms with Gasteiger partial charge in [0.15, 0.2) is 0 Å². The van der Waals surface area contributed by atoms with Crippen molar-refractivity contribution < 1.29 is 9.90 Å². The highest BCUT2D eigenvalue weighted by molar-refractivity contribution is 5.70. The number of rotatable bonds is 13. The Morgan fingerprint density at radius 2 is 1.43 bits per heavy atom. The first kappa shape index (κ1) is 20.3. The first-order valence-electron chi connectivity index (χ1n) is 8.41. The molecular formula is C16H35N3O2. The molecule has 0 heterocycles. The van der Waals surface area contributed by atoms with Crippen molar-refractivity contribution in [3.63, 3.8) is 0 Å². The fourth-order valence-corrected chi connectivity index (χ4v) is 2.62. The molecule has 126 valence electrons. The van der Waals surface area contributed by atoms with Crippen LogP contribution in [0.3, 0.4) is 0 Å². The van der Waals surface area contributed by atoms with E-state index in [0.717, 1.165) is 52.0 Å². The van der Waals surface area contributed by atoms with Gasteiger partial charge in [-0.2, -0.15) is 0 Å². The van der Waals surface area contributed by atoms with Gasteiger partial charge in [-0.3, -0.25) is 4.79 Å². The van der Waals surface area contributed by atoms with Crippen LogP contribution in [0.15, 0.2) is 0 Å². The highest BCUT2D eigenvalue weighted by Crippen LogP contribution is 2.12. The molecule has 0 saturated carbocycles. The Balaban J connectivity index is 4.11. The summed E-state index contributed by atoms with van der Waals surface area (Å²) in [6, 6.07) is 0.146. The molecule has 0 aromatic heterocycles. The standard InChI is InChI=1S/C16H35N3O2/c1-5-18(6-2)12-14(16(20)21)10-9-11-15(17)13-19(7-3)8-4/h14-15H,5-13,17H2,1-4H3,(H,20,21). The summed E-state index contributed by atoms with van der Waals surface area (Å²) < 4.78 is 0. The normalized spacial score (nSPS) is 14.6. The third-order valence-electron chi connectivity index (χ3n) is 4.24. The van der Waals surface area contributed by atoms with Gasteiger partial charge in [-0.1, -0.05) is 34.1 Å². The van der Waals surface area contributed by atoms with Crippen molar-refractivity contribution in [2.24, 2.45) is 11.7 Å². The number of hydrogen-bond donors (Lipinski definition) is 2. The Morgan fingerprint density at radius 1 is 0.952 bits per heavy atom. The average molecular weight is 301 g/mol. The Hall–Kier alpha value is -0.650. The second-order valence-corrected chi connectivity index (χ2v) is 5.70. The van der Waals surface area contributed by atoms with Crippen LogP contribution in [0.5, 0.6) is 0 Å². The molecule has 0 aliphatic rings. The van der Waals surface area contributed by atoms with Crippen LogP contribution in [0.1, 0.15) is 47.0 Å². The average Bonchev–Trinajstić information content (AvgIpc) is 2.47. The van der Waals surface area contributed by atoms with Crippen LogP contribution in [0, 0.1) is 5.92 Å². The molecule has 2 unspecified atom stereocenters. The van der Waals surface area contributed by atoms with Crippen LogP contribution in [-0.2, 0) is 4.79 Å². The second-order valence-electron chi connectivity index (χ2n) is 5.70. The zero-order valence-electron chi connectivity index (χ0n) is 14.3. The third kappa shape index (κ3) is 9.06. The van der Waals surface area contributed by atoms with E-state index in [-0.39, 0.29) is 12.0 Å². The fraction of sp³-hybridized carbons (Fsp3) is 0.938. The van der Waals surface area contributed by atoms with E-state index in [1.165, 1.54) is 0 Å². The summed E-state index contributed by atoms with van der Waals surface area (Å²) in [6.45, 7) is 13.8. The topological polar surface area (TPSA) is 69.8 Å². The first-order chi connectivity index (χ1) is 9.98. The molecule has 0 aromatic rings. The SMILES string of the molecule is CCN(CC)CC(N)CCCC(CN(CC)CC)C(=O)O. The van der Waals surface area contributed by atoms with E-state index in [1.54, 1.807) is 0 Å². The molecule has 2 atom stereocenters. The van der Waals surface area contributed by atoms with Gasteiger partial charge in [0, 0.05) is 19.1 Å². The van der Waals surface area contributed by atoms with Gasteiger partial charge in [0.1, 0.15) is 0 Å². The summed E-state index contributed by atoms with van der Waals surface area (Å²) in [5.74, 6) is -0.954. The molecular weight excluding hydrogens is 266 g/mol. The quantitative estimate of drug-likeness (QED) is 0.543. The van der Waals surface area contributed by atoms with Crippen molar-refractivity contribution in [1.29, 1.82) is 0 Å². The van der Waals surface area contributed by atoms with Crippen LogP contribution >= 0.6 is 0 Å². The monoisotopic (exact) mass is 301 g/mol. The third-order valence-corrected chi connectivity index (χ3v) is 4.24. The van der Waals surface area contributed by atoms with Crippen molar-refractivity contribution in [2.75, 3.05) is 39.3 Å². The zero-order chi connectivity index (χ0) is 16.3. The molecule has 5 heteroatoms. The first-order valence-corrected chi connectivity index (χ1v) is 8.41. The summed E-state index contributed by atoms with van der Waals surface area (Å²) in [5, 5.41) is 9.33. The summed E-state index contributed by atoms with van der Waals surface area (Å²) in [5.41, 5.74) is 6.14. The van der Waals surface area contributed by atoms with Gasteiger partial charge >= 0.3 is 5.97 Å². The van der Waals surface area contributed by atoms with E-state index in [4.69, 9.17) is 5.73 Å². The molecule has 3 N–H and O–H groups in total. The lowest BCUT2D eigenvalue weighted by molar-refractivity contribution is -0.142. The molecule has 0 amide bonds.